The van der Waals surface area contributed by atoms with Crippen LogP contribution in [0, 0.1) is 0 Å². The molecule has 0 saturated heterocycles. The molecule has 1 heterocycles. The van der Waals surface area contributed by atoms with Crippen molar-refractivity contribution in [1.82, 2.24) is 9.78 Å². The van der Waals surface area contributed by atoms with Crippen molar-refractivity contribution in [2.75, 3.05) is 31.3 Å². The third-order valence-corrected chi connectivity index (χ3v) is 2.63. The summed E-state index contributed by atoms with van der Waals surface area (Å²) in [4.78, 5) is 13.6. The maximum absolute atomic E-state index is 11.7. The number of esters is 1. The number of nitrogens with zero attached hydrogens (tertiary/aromatic N) is 3. The number of aromatic nitrogens is 2. The molecule has 0 spiro atoms. The maximum atomic E-state index is 11.7. The number of carbonyl (C=O) groups is 1. The monoisotopic (exact) mass is 240 g/mol. The summed E-state index contributed by atoms with van der Waals surface area (Å²) >= 11 is 0. The van der Waals surface area contributed by atoms with Crippen LogP contribution < -0.4 is 10.6 Å². The molecule has 6 heteroatoms. The smallest absolute Gasteiger partial charge is 0.345 e. The molecule has 2 N–H and O–H groups in total. The molecule has 0 aromatic carbocycles. The van der Waals surface area contributed by atoms with Crippen molar-refractivity contribution in [3.05, 3.63) is 5.56 Å². The van der Waals surface area contributed by atoms with Crippen LogP contribution in [0.1, 0.15) is 30.6 Å². The van der Waals surface area contributed by atoms with E-state index >= 15 is 0 Å². The van der Waals surface area contributed by atoms with Gasteiger partial charge in [0.2, 0.25) is 0 Å². The number of methoxy groups -OCH3 is 1. The zero-order chi connectivity index (χ0) is 13.0. The van der Waals surface area contributed by atoms with E-state index in [0.29, 0.717) is 23.7 Å². The molecule has 1 aromatic rings. The molecular formula is C11H20N4O2. The molecule has 0 fully saturated rings. The second-order valence-electron chi connectivity index (χ2n) is 3.81. The Hall–Kier alpha value is -1.72. The molecule has 0 radical (unpaired) electrons. The summed E-state index contributed by atoms with van der Waals surface area (Å²) in [5.41, 5.74) is 6.28. The maximum Gasteiger partial charge on any atom is 0.345 e. The number of hydrogen-bond acceptors (Lipinski definition) is 5. The topological polar surface area (TPSA) is 73.4 Å². The van der Waals surface area contributed by atoms with Gasteiger partial charge in [0.25, 0.3) is 0 Å². The van der Waals surface area contributed by atoms with Crippen LogP contribution in [0.25, 0.3) is 0 Å². The van der Waals surface area contributed by atoms with E-state index in [0.717, 1.165) is 13.0 Å². The average molecular weight is 240 g/mol. The van der Waals surface area contributed by atoms with Crippen LogP contribution in [0.2, 0.25) is 0 Å². The van der Waals surface area contributed by atoms with E-state index in [1.807, 2.05) is 25.8 Å². The van der Waals surface area contributed by atoms with Gasteiger partial charge >= 0.3 is 5.97 Å². The van der Waals surface area contributed by atoms with Gasteiger partial charge in [-0.05, 0) is 13.3 Å². The van der Waals surface area contributed by atoms with E-state index in [1.54, 1.807) is 4.68 Å². The molecule has 1 aromatic heterocycles. The molecule has 0 aliphatic rings. The summed E-state index contributed by atoms with van der Waals surface area (Å²) in [5, 5.41) is 4.36. The Labute approximate surface area is 101 Å². The van der Waals surface area contributed by atoms with Crippen LogP contribution in [0.4, 0.5) is 11.6 Å². The lowest BCUT2D eigenvalue weighted by molar-refractivity contribution is 0.0602. The van der Waals surface area contributed by atoms with Gasteiger partial charge in [-0.25, -0.2) is 9.48 Å². The Morgan fingerprint density at radius 1 is 1.53 bits per heavy atom. The molecular weight excluding hydrogens is 220 g/mol. The van der Waals surface area contributed by atoms with Gasteiger partial charge in [-0.1, -0.05) is 6.92 Å². The molecule has 0 amide bonds. The highest BCUT2D eigenvalue weighted by Crippen LogP contribution is 2.25. The van der Waals surface area contributed by atoms with Gasteiger partial charge in [0, 0.05) is 20.1 Å². The molecule has 0 saturated carbocycles. The van der Waals surface area contributed by atoms with E-state index in [1.165, 1.54) is 7.11 Å². The second-order valence-corrected chi connectivity index (χ2v) is 3.81. The summed E-state index contributed by atoms with van der Waals surface area (Å²) < 4.78 is 6.39. The Kier molecular flexibility index (Phi) is 4.37. The fourth-order valence-corrected chi connectivity index (χ4v) is 1.56. The summed E-state index contributed by atoms with van der Waals surface area (Å²) in [6.45, 7) is 5.44. The first-order valence-electron chi connectivity index (χ1n) is 5.72. The van der Waals surface area contributed by atoms with Gasteiger partial charge in [-0.15, -0.1) is 0 Å². The van der Waals surface area contributed by atoms with Crippen molar-refractivity contribution in [3.63, 3.8) is 0 Å². The molecule has 6 nitrogen and oxygen atoms in total. The minimum absolute atomic E-state index is 0.352. The summed E-state index contributed by atoms with van der Waals surface area (Å²) in [7, 11) is 3.21. The van der Waals surface area contributed by atoms with E-state index in [9.17, 15) is 4.79 Å². The van der Waals surface area contributed by atoms with Crippen molar-refractivity contribution in [1.29, 1.82) is 0 Å². The largest absolute Gasteiger partial charge is 0.465 e. The molecule has 96 valence electrons. The van der Waals surface area contributed by atoms with Crippen LogP contribution >= 0.6 is 0 Å². The highest BCUT2D eigenvalue weighted by atomic mass is 16.5. The SMILES string of the molecule is CCCn1nc(N(C)CC)c(C(=O)OC)c1N. The van der Waals surface area contributed by atoms with E-state index in [2.05, 4.69) is 5.10 Å². The van der Waals surface area contributed by atoms with Crippen molar-refractivity contribution in [2.24, 2.45) is 0 Å². The Bertz CT molecular complexity index is 400. The number of anilines is 2. The van der Waals surface area contributed by atoms with Crippen LogP contribution in [-0.2, 0) is 11.3 Å². The minimum atomic E-state index is -0.444. The zero-order valence-electron chi connectivity index (χ0n) is 10.9. The fraction of sp³-hybridized carbons (Fsp3) is 0.636. The quantitative estimate of drug-likeness (QED) is 0.781. The first-order chi connectivity index (χ1) is 8.06. The first-order valence-corrected chi connectivity index (χ1v) is 5.72. The van der Waals surface area contributed by atoms with Crippen LogP contribution in [0.15, 0.2) is 0 Å². The van der Waals surface area contributed by atoms with Gasteiger partial charge in [0.05, 0.1) is 7.11 Å². The first kappa shape index (κ1) is 13.3. The molecule has 0 atom stereocenters. The molecule has 0 aliphatic carbocycles. The predicted octanol–water partition coefficient (Wildman–Crippen LogP) is 1.12. The minimum Gasteiger partial charge on any atom is -0.465 e. The summed E-state index contributed by atoms with van der Waals surface area (Å²) in [5.74, 6) is 0.499. The third kappa shape index (κ3) is 2.51. The molecule has 0 unspecified atom stereocenters. The van der Waals surface area contributed by atoms with Crippen molar-refractivity contribution < 1.29 is 9.53 Å². The average Bonchev–Trinajstić information content (AvgIpc) is 2.65. The zero-order valence-corrected chi connectivity index (χ0v) is 10.9. The van der Waals surface area contributed by atoms with Gasteiger partial charge in [0.15, 0.2) is 5.82 Å². The standard InChI is InChI=1S/C11H20N4O2/c1-5-7-15-9(12)8(11(16)17-4)10(13-15)14(3)6-2/h5-7,12H2,1-4H3. The number of nitrogen functional groups attached to an aromatic ring is 1. The van der Waals surface area contributed by atoms with Crippen molar-refractivity contribution >= 4 is 17.6 Å². The van der Waals surface area contributed by atoms with Crippen LogP contribution in [-0.4, -0.2) is 36.5 Å². The van der Waals surface area contributed by atoms with E-state index < -0.39 is 5.97 Å². The van der Waals surface area contributed by atoms with Crippen molar-refractivity contribution in [2.45, 2.75) is 26.8 Å². The molecule has 0 aliphatic heterocycles. The summed E-state index contributed by atoms with van der Waals surface area (Å²) in [6, 6.07) is 0. The van der Waals surface area contributed by atoms with Crippen LogP contribution in [0.5, 0.6) is 0 Å². The Morgan fingerprint density at radius 2 is 2.18 bits per heavy atom. The number of carbonyl (C=O) groups excluding carboxylic acids is 1. The Morgan fingerprint density at radius 3 is 2.65 bits per heavy atom. The van der Waals surface area contributed by atoms with Gasteiger partial charge < -0.3 is 15.4 Å². The molecule has 0 bridgehead atoms. The van der Waals surface area contributed by atoms with Gasteiger partial charge in [0.1, 0.15) is 11.4 Å². The van der Waals surface area contributed by atoms with Gasteiger partial charge in [-0.2, -0.15) is 5.10 Å². The number of nitrogens with two attached hydrogens (primary N) is 1. The molecule has 17 heavy (non-hydrogen) atoms. The summed E-state index contributed by atoms with van der Waals surface area (Å²) in [6.07, 6.45) is 0.905. The number of rotatable bonds is 5. The normalized spacial score (nSPS) is 10.4. The van der Waals surface area contributed by atoms with E-state index in [4.69, 9.17) is 10.5 Å². The highest BCUT2D eigenvalue weighted by molar-refractivity contribution is 5.99. The fourth-order valence-electron chi connectivity index (χ4n) is 1.56. The van der Waals surface area contributed by atoms with Crippen LogP contribution in [0.3, 0.4) is 0 Å². The third-order valence-electron chi connectivity index (χ3n) is 2.63. The Balaban J connectivity index is 3.26. The lowest BCUT2D eigenvalue weighted by atomic mass is 10.3. The lowest BCUT2D eigenvalue weighted by Crippen LogP contribution is -2.19. The lowest BCUT2D eigenvalue weighted by Gasteiger charge is -2.14. The van der Waals surface area contributed by atoms with Gasteiger partial charge in [-0.3, -0.25) is 0 Å². The predicted molar refractivity (Wildman–Crippen MR) is 67.2 cm³/mol. The van der Waals surface area contributed by atoms with Crippen molar-refractivity contribution in [3.8, 4) is 0 Å². The number of ether oxygens (including phenoxy) is 1. The number of aryl methyl sites for hydroxylation is 1. The number of hydrogen-bond donors (Lipinski definition) is 1. The molecule has 1 rings (SSSR count). The highest BCUT2D eigenvalue weighted by Gasteiger charge is 2.24. The second kappa shape index (κ2) is 5.56. The van der Waals surface area contributed by atoms with E-state index in [-0.39, 0.29) is 0 Å².